The second-order valence-corrected chi connectivity index (χ2v) is 4.22. The van der Waals surface area contributed by atoms with Crippen LogP contribution < -0.4 is 10.6 Å². The van der Waals surface area contributed by atoms with Crippen LogP contribution in [0.3, 0.4) is 0 Å². The molecule has 1 aromatic rings. The molecule has 5 nitrogen and oxygen atoms in total. The highest BCUT2D eigenvalue weighted by Gasteiger charge is 2.30. The molecule has 0 bridgehead atoms. The first-order valence-corrected chi connectivity index (χ1v) is 5.42. The predicted octanol–water partition coefficient (Wildman–Crippen LogP) is 0.404. The molecule has 0 aromatic carbocycles. The van der Waals surface area contributed by atoms with Gasteiger partial charge in [0.2, 0.25) is 5.91 Å². The first-order chi connectivity index (χ1) is 7.34. The van der Waals surface area contributed by atoms with Gasteiger partial charge in [0.25, 0.3) is 0 Å². The molecule has 1 amide bonds. The maximum Gasteiger partial charge on any atom is 0.228 e. The van der Waals surface area contributed by atoms with Crippen LogP contribution in [0.25, 0.3) is 0 Å². The van der Waals surface area contributed by atoms with Crippen molar-refractivity contribution < 1.29 is 4.79 Å². The molecule has 1 saturated carbocycles. The standard InChI is InChI=1S/C10H14N4O/c15-10(6-1-2-6)12-9-7-5-11-4-3-8(7)13-14-9/h6,11H,1-5H2,(H2,12,13,14,15). The number of hydrogen-bond donors (Lipinski definition) is 3. The molecule has 2 heterocycles. The Morgan fingerprint density at radius 1 is 1.47 bits per heavy atom. The number of nitrogens with zero attached hydrogens (tertiary/aromatic N) is 1. The number of rotatable bonds is 2. The highest BCUT2D eigenvalue weighted by atomic mass is 16.2. The quantitative estimate of drug-likeness (QED) is 0.656. The van der Waals surface area contributed by atoms with Gasteiger partial charge in [-0.15, -0.1) is 0 Å². The van der Waals surface area contributed by atoms with Crippen molar-refractivity contribution >= 4 is 11.7 Å². The minimum atomic E-state index is 0.120. The largest absolute Gasteiger partial charge is 0.312 e. The number of carbonyl (C=O) groups excluding carboxylic acids is 1. The van der Waals surface area contributed by atoms with Crippen molar-refractivity contribution in [2.45, 2.75) is 25.8 Å². The van der Waals surface area contributed by atoms with Crippen molar-refractivity contribution in [1.82, 2.24) is 15.5 Å². The second kappa shape index (κ2) is 3.34. The van der Waals surface area contributed by atoms with Crippen LogP contribution in [-0.2, 0) is 17.8 Å². The van der Waals surface area contributed by atoms with E-state index in [0.29, 0.717) is 5.82 Å². The summed E-state index contributed by atoms with van der Waals surface area (Å²) in [4.78, 5) is 11.6. The van der Waals surface area contributed by atoms with Gasteiger partial charge in [-0.25, -0.2) is 0 Å². The van der Waals surface area contributed by atoms with E-state index in [9.17, 15) is 4.79 Å². The van der Waals surface area contributed by atoms with Crippen LogP contribution in [0.1, 0.15) is 24.1 Å². The van der Waals surface area contributed by atoms with E-state index >= 15 is 0 Å². The summed E-state index contributed by atoms with van der Waals surface area (Å²) >= 11 is 0. The summed E-state index contributed by atoms with van der Waals surface area (Å²) in [7, 11) is 0. The van der Waals surface area contributed by atoms with Crippen LogP contribution >= 0.6 is 0 Å². The molecule has 1 aliphatic heterocycles. The lowest BCUT2D eigenvalue weighted by Gasteiger charge is -2.12. The number of aromatic amines is 1. The third-order valence-electron chi connectivity index (χ3n) is 3.00. The summed E-state index contributed by atoms with van der Waals surface area (Å²) < 4.78 is 0. The minimum absolute atomic E-state index is 0.120. The van der Waals surface area contributed by atoms with Crippen LogP contribution in [-0.4, -0.2) is 22.6 Å². The van der Waals surface area contributed by atoms with Crippen molar-refractivity contribution in [1.29, 1.82) is 0 Å². The van der Waals surface area contributed by atoms with Crippen molar-refractivity contribution in [2.24, 2.45) is 5.92 Å². The van der Waals surface area contributed by atoms with E-state index in [1.54, 1.807) is 0 Å². The van der Waals surface area contributed by atoms with Gasteiger partial charge in [0, 0.05) is 36.7 Å². The van der Waals surface area contributed by atoms with Crippen LogP contribution in [0, 0.1) is 5.92 Å². The summed E-state index contributed by atoms with van der Waals surface area (Å²) in [5.41, 5.74) is 2.27. The molecule has 0 saturated heterocycles. The van der Waals surface area contributed by atoms with Crippen molar-refractivity contribution in [3.8, 4) is 0 Å². The Bertz CT molecular complexity index is 394. The number of anilines is 1. The van der Waals surface area contributed by atoms with Gasteiger partial charge >= 0.3 is 0 Å². The Balaban J connectivity index is 1.79. The van der Waals surface area contributed by atoms with Crippen molar-refractivity contribution in [2.75, 3.05) is 11.9 Å². The second-order valence-electron chi connectivity index (χ2n) is 4.22. The zero-order chi connectivity index (χ0) is 10.3. The van der Waals surface area contributed by atoms with Crippen molar-refractivity contribution in [3.63, 3.8) is 0 Å². The highest BCUT2D eigenvalue weighted by molar-refractivity contribution is 5.93. The number of nitrogens with one attached hydrogen (secondary N) is 3. The van der Waals surface area contributed by atoms with Crippen LogP contribution in [0.15, 0.2) is 0 Å². The van der Waals surface area contributed by atoms with Crippen molar-refractivity contribution in [3.05, 3.63) is 11.3 Å². The molecule has 0 unspecified atom stereocenters. The molecule has 1 aromatic heterocycles. The molecule has 3 rings (SSSR count). The fourth-order valence-electron chi connectivity index (χ4n) is 1.89. The first-order valence-electron chi connectivity index (χ1n) is 5.42. The Morgan fingerprint density at radius 2 is 2.33 bits per heavy atom. The molecule has 2 aliphatic rings. The van der Waals surface area contributed by atoms with Gasteiger partial charge in [0.15, 0.2) is 5.82 Å². The molecule has 0 spiro atoms. The van der Waals surface area contributed by atoms with E-state index in [4.69, 9.17) is 0 Å². The van der Waals surface area contributed by atoms with Gasteiger partial charge in [0.1, 0.15) is 0 Å². The number of carbonyl (C=O) groups is 1. The molecule has 5 heteroatoms. The average Bonchev–Trinajstić information content (AvgIpc) is 3.03. The molecule has 0 atom stereocenters. The fourth-order valence-corrected chi connectivity index (χ4v) is 1.89. The monoisotopic (exact) mass is 206 g/mol. The van der Waals surface area contributed by atoms with Gasteiger partial charge < -0.3 is 10.6 Å². The minimum Gasteiger partial charge on any atom is -0.312 e. The summed E-state index contributed by atoms with van der Waals surface area (Å²) in [5, 5.41) is 13.3. The predicted molar refractivity (Wildman–Crippen MR) is 55.4 cm³/mol. The van der Waals surface area contributed by atoms with Gasteiger partial charge in [-0.1, -0.05) is 0 Å². The third-order valence-corrected chi connectivity index (χ3v) is 3.00. The summed E-state index contributed by atoms with van der Waals surface area (Å²) in [6, 6.07) is 0. The SMILES string of the molecule is O=C(Nc1n[nH]c2c1CNCC2)C1CC1. The Hall–Kier alpha value is -1.36. The maximum atomic E-state index is 11.6. The first kappa shape index (κ1) is 8.91. The van der Waals surface area contributed by atoms with Gasteiger partial charge in [-0.3, -0.25) is 9.89 Å². The normalized spacial score (nSPS) is 19.7. The number of amides is 1. The lowest BCUT2D eigenvalue weighted by Crippen LogP contribution is -2.24. The van der Waals surface area contributed by atoms with Crippen LogP contribution in [0.5, 0.6) is 0 Å². The Kier molecular flexibility index (Phi) is 1.98. The van der Waals surface area contributed by atoms with Gasteiger partial charge in [-0.2, -0.15) is 5.10 Å². The third kappa shape index (κ3) is 1.63. The van der Waals surface area contributed by atoms with Gasteiger partial charge in [0.05, 0.1) is 0 Å². The Labute approximate surface area is 87.6 Å². The number of H-pyrrole nitrogens is 1. The maximum absolute atomic E-state index is 11.6. The van der Waals surface area contributed by atoms with E-state index in [-0.39, 0.29) is 11.8 Å². The fraction of sp³-hybridized carbons (Fsp3) is 0.600. The summed E-state index contributed by atoms with van der Waals surface area (Å²) in [6.45, 7) is 1.78. The lowest BCUT2D eigenvalue weighted by molar-refractivity contribution is -0.117. The average molecular weight is 206 g/mol. The lowest BCUT2D eigenvalue weighted by atomic mass is 10.1. The van der Waals surface area contributed by atoms with E-state index < -0.39 is 0 Å². The smallest absolute Gasteiger partial charge is 0.228 e. The zero-order valence-corrected chi connectivity index (χ0v) is 8.47. The number of aromatic nitrogens is 2. The molecule has 1 aliphatic carbocycles. The zero-order valence-electron chi connectivity index (χ0n) is 8.47. The van der Waals surface area contributed by atoms with Crippen LogP contribution in [0.2, 0.25) is 0 Å². The number of hydrogen-bond acceptors (Lipinski definition) is 3. The molecule has 3 N–H and O–H groups in total. The van der Waals surface area contributed by atoms with E-state index in [0.717, 1.165) is 43.6 Å². The molecule has 15 heavy (non-hydrogen) atoms. The molecule has 1 fully saturated rings. The summed E-state index contributed by atoms with van der Waals surface area (Å²) in [5.74, 6) is 1.07. The van der Waals surface area contributed by atoms with E-state index in [1.165, 1.54) is 0 Å². The topological polar surface area (TPSA) is 69.8 Å². The Morgan fingerprint density at radius 3 is 3.13 bits per heavy atom. The van der Waals surface area contributed by atoms with E-state index in [1.807, 2.05) is 0 Å². The van der Waals surface area contributed by atoms with Crippen LogP contribution in [0.4, 0.5) is 5.82 Å². The molecular weight excluding hydrogens is 192 g/mol. The molecular formula is C10H14N4O. The highest BCUT2D eigenvalue weighted by Crippen LogP contribution is 2.30. The summed E-state index contributed by atoms with van der Waals surface area (Å²) in [6.07, 6.45) is 3.01. The van der Waals surface area contributed by atoms with Gasteiger partial charge in [-0.05, 0) is 12.8 Å². The molecule has 0 radical (unpaired) electrons. The number of fused-ring (bicyclic) bond motifs is 1. The molecule has 80 valence electrons. The van der Waals surface area contributed by atoms with E-state index in [2.05, 4.69) is 20.8 Å².